The molecule has 2 N–H and O–H groups in total. The second kappa shape index (κ2) is 11.5. The minimum absolute atomic E-state index is 0.0906. The number of carbonyl (C=O) groups excluding carboxylic acids is 2. The Labute approximate surface area is 226 Å². The maximum absolute atomic E-state index is 14.2. The molecule has 7 nitrogen and oxygen atoms in total. The maximum Gasteiger partial charge on any atom is 0.322 e. The molecule has 0 aliphatic rings. The Hall–Kier alpha value is -4.53. The lowest BCUT2D eigenvalue weighted by molar-refractivity contribution is -0.116. The lowest BCUT2D eigenvalue weighted by Gasteiger charge is -2.23. The first-order valence-corrected chi connectivity index (χ1v) is 12.5. The van der Waals surface area contributed by atoms with E-state index in [1.54, 1.807) is 4.68 Å². The van der Waals surface area contributed by atoms with Crippen LogP contribution in [0.25, 0.3) is 5.69 Å². The normalized spacial score (nSPS) is 11.2. The van der Waals surface area contributed by atoms with Crippen molar-refractivity contribution in [2.75, 3.05) is 17.2 Å². The summed E-state index contributed by atoms with van der Waals surface area (Å²) in [5.74, 6) is -1.68. The summed E-state index contributed by atoms with van der Waals surface area (Å²) in [6.45, 7) is 7.83. The van der Waals surface area contributed by atoms with Gasteiger partial charge in [-0.05, 0) is 42.3 Å². The highest BCUT2D eigenvalue weighted by Crippen LogP contribution is 2.27. The number of carbonyl (C=O) groups is 2. The van der Waals surface area contributed by atoms with E-state index in [-0.39, 0.29) is 24.2 Å². The van der Waals surface area contributed by atoms with Gasteiger partial charge in [-0.2, -0.15) is 5.10 Å². The number of benzene rings is 3. The molecule has 0 bridgehead atoms. The average Bonchev–Trinajstić information content (AvgIpc) is 3.30. The first-order valence-electron chi connectivity index (χ1n) is 12.5. The Balaban J connectivity index is 1.59. The third kappa shape index (κ3) is 7.07. The van der Waals surface area contributed by atoms with E-state index in [0.717, 1.165) is 34.6 Å². The number of urea groups is 1. The summed E-state index contributed by atoms with van der Waals surface area (Å²) in [7, 11) is 0. The number of anilines is 2. The molecule has 202 valence electrons. The summed E-state index contributed by atoms with van der Waals surface area (Å²) in [5.41, 5.74) is 2.92. The zero-order valence-electron chi connectivity index (χ0n) is 22.3. The van der Waals surface area contributed by atoms with Crippen LogP contribution in [0.3, 0.4) is 0 Å². The van der Waals surface area contributed by atoms with Crippen LogP contribution in [-0.2, 0) is 16.8 Å². The average molecular weight is 532 g/mol. The lowest BCUT2D eigenvalue weighted by atomic mass is 9.92. The zero-order chi connectivity index (χ0) is 28.2. The third-order valence-electron chi connectivity index (χ3n) is 6.00. The summed E-state index contributed by atoms with van der Waals surface area (Å²) in [4.78, 5) is 27.7. The SMILES string of the molecule is Cc1cccc(-n2nc(C(C)(C)C)cc2NC(=O)CN(Cc2ccccc2)C(=O)Nc2ccc(F)cc2F)c1. The smallest absolute Gasteiger partial charge is 0.311 e. The van der Waals surface area contributed by atoms with Gasteiger partial charge >= 0.3 is 6.03 Å². The van der Waals surface area contributed by atoms with E-state index in [9.17, 15) is 18.4 Å². The van der Waals surface area contributed by atoms with Crippen LogP contribution in [0.2, 0.25) is 0 Å². The zero-order valence-corrected chi connectivity index (χ0v) is 22.3. The maximum atomic E-state index is 14.2. The van der Waals surface area contributed by atoms with Gasteiger partial charge in [0.15, 0.2) is 0 Å². The molecule has 0 radical (unpaired) electrons. The molecular formula is C30H31F2N5O2. The van der Waals surface area contributed by atoms with E-state index in [2.05, 4.69) is 10.6 Å². The van der Waals surface area contributed by atoms with Crippen LogP contribution in [0.15, 0.2) is 78.9 Å². The van der Waals surface area contributed by atoms with Gasteiger partial charge in [-0.1, -0.05) is 63.2 Å². The Morgan fingerprint density at radius 2 is 1.67 bits per heavy atom. The number of halogens is 2. The molecule has 39 heavy (non-hydrogen) atoms. The van der Waals surface area contributed by atoms with E-state index in [4.69, 9.17) is 5.10 Å². The summed E-state index contributed by atoms with van der Waals surface area (Å²) in [6, 6.07) is 20.8. The minimum Gasteiger partial charge on any atom is -0.311 e. The van der Waals surface area contributed by atoms with E-state index in [1.165, 1.54) is 4.90 Å². The van der Waals surface area contributed by atoms with Gasteiger partial charge in [0.1, 0.15) is 24.0 Å². The largest absolute Gasteiger partial charge is 0.322 e. The number of aryl methyl sites for hydroxylation is 1. The van der Waals surface area contributed by atoms with Crippen LogP contribution >= 0.6 is 0 Å². The molecule has 3 aromatic carbocycles. The molecule has 0 aliphatic carbocycles. The van der Waals surface area contributed by atoms with Crippen LogP contribution in [-0.4, -0.2) is 33.2 Å². The molecule has 4 rings (SSSR count). The third-order valence-corrected chi connectivity index (χ3v) is 6.00. The van der Waals surface area contributed by atoms with Gasteiger partial charge < -0.3 is 15.5 Å². The molecule has 0 unspecified atom stereocenters. The molecule has 9 heteroatoms. The Morgan fingerprint density at radius 1 is 0.923 bits per heavy atom. The van der Waals surface area contributed by atoms with Crippen molar-refractivity contribution in [2.45, 2.75) is 39.7 Å². The molecule has 0 saturated carbocycles. The van der Waals surface area contributed by atoms with Crippen LogP contribution < -0.4 is 10.6 Å². The van der Waals surface area contributed by atoms with Gasteiger partial charge in [-0.15, -0.1) is 0 Å². The van der Waals surface area contributed by atoms with Crippen LogP contribution in [0, 0.1) is 18.6 Å². The first kappa shape index (κ1) is 27.5. The van der Waals surface area contributed by atoms with Gasteiger partial charge in [-0.25, -0.2) is 18.3 Å². The fourth-order valence-electron chi connectivity index (χ4n) is 3.94. The van der Waals surface area contributed by atoms with Crippen LogP contribution in [0.4, 0.5) is 25.1 Å². The van der Waals surface area contributed by atoms with Gasteiger partial charge in [0, 0.05) is 24.1 Å². The molecule has 0 aliphatic heterocycles. The lowest BCUT2D eigenvalue weighted by Crippen LogP contribution is -2.40. The highest BCUT2D eigenvalue weighted by molar-refractivity contribution is 5.96. The molecule has 0 fully saturated rings. The molecular weight excluding hydrogens is 500 g/mol. The van der Waals surface area contributed by atoms with Crippen molar-refractivity contribution < 1.29 is 18.4 Å². The Bertz CT molecular complexity index is 1480. The van der Waals surface area contributed by atoms with Crippen molar-refractivity contribution >= 4 is 23.4 Å². The monoisotopic (exact) mass is 531 g/mol. The number of aromatic nitrogens is 2. The van der Waals surface area contributed by atoms with Gasteiger partial charge in [0.05, 0.1) is 17.1 Å². The first-order chi connectivity index (χ1) is 18.5. The molecule has 1 heterocycles. The highest BCUT2D eigenvalue weighted by Gasteiger charge is 2.24. The quantitative estimate of drug-likeness (QED) is 0.289. The van der Waals surface area contributed by atoms with Gasteiger partial charge in [-0.3, -0.25) is 4.79 Å². The van der Waals surface area contributed by atoms with E-state index >= 15 is 0 Å². The van der Waals surface area contributed by atoms with Crippen LogP contribution in [0.5, 0.6) is 0 Å². The molecule has 0 atom stereocenters. The van der Waals surface area contributed by atoms with Gasteiger partial charge in [0.25, 0.3) is 0 Å². The predicted molar refractivity (Wildman–Crippen MR) is 148 cm³/mol. The Kier molecular flexibility index (Phi) is 8.09. The fourth-order valence-corrected chi connectivity index (χ4v) is 3.94. The predicted octanol–water partition coefficient (Wildman–Crippen LogP) is 6.43. The summed E-state index contributed by atoms with van der Waals surface area (Å²) in [6.07, 6.45) is 0. The number of nitrogens with one attached hydrogen (secondary N) is 2. The molecule has 0 spiro atoms. The molecule has 4 aromatic rings. The summed E-state index contributed by atoms with van der Waals surface area (Å²) >= 11 is 0. The van der Waals surface area contributed by atoms with Crippen molar-refractivity contribution in [1.29, 1.82) is 0 Å². The number of rotatable bonds is 7. The number of hydrogen-bond donors (Lipinski definition) is 2. The molecule has 3 amide bonds. The van der Waals surface area contributed by atoms with Crippen molar-refractivity contribution in [3.8, 4) is 5.69 Å². The van der Waals surface area contributed by atoms with Crippen molar-refractivity contribution in [3.63, 3.8) is 0 Å². The van der Waals surface area contributed by atoms with E-state index < -0.39 is 23.6 Å². The molecule has 1 aromatic heterocycles. The van der Waals surface area contributed by atoms with E-state index in [1.807, 2.05) is 88.4 Å². The second-order valence-corrected chi connectivity index (χ2v) is 10.4. The Morgan fingerprint density at radius 3 is 2.33 bits per heavy atom. The fraction of sp³-hybridized carbons (Fsp3) is 0.233. The summed E-state index contributed by atoms with van der Waals surface area (Å²) in [5, 5.41) is 10.1. The number of nitrogens with zero attached hydrogens (tertiary/aromatic N) is 3. The topological polar surface area (TPSA) is 79.3 Å². The summed E-state index contributed by atoms with van der Waals surface area (Å²) < 4.78 is 29.2. The van der Waals surface area contributed by atoms with Crippen molar-refractivity contribution in [2.24, 2.45) is 0 Å². The minimum atomic E-state index is -0.913. The van der Waals surface area contributed by atoms with Gasteiger partial charge in [0.2, 0.25) is 5.91 Å². The van der Waals surface area contributed by atoms with E-state index in [0.29, 0.717) is 11.9 Å². The highest BCUT2D eigenvalue weighted by atomic mass is 19.1. The number of hydrogen-bond acceptors (Lipinski definition) is 3. The van der Waals surface area contributed by atoms with Crippen molar-refractivity contribution in [3.05, 3.63) is 107 Å². The second-order valence-electron chi connectivity index (χ2n) is 10.4. The number of amides is 3. The standard InChI is InChI=1S/C30H31F2N5O2/c1-20-9-8-12-23(15-20)37-27(17-26(35-37)30(2,3)4)34-28(38)19-36(18-21-10-6-5-7-11-21)29(39)33-25-14-13-22(31)16-24(25)32/h5-17H,18-19H2,1-4H3,(H,33,39)(H,34,38). The van der Waals surface area contributed by atoms with Crippen molar-refractivity contribution in [1.82, 2.24) is 14.7 Å². The molecule has 0 saturated heterocycles. The van der Waals surface area contributed by atoms with Crippen LogP contribution in [0.1, 0.15) is 37.6 Å².